The van der Waals surface area contributed by atoms with E-state index in [-0.39, 0.29) is 12.4 Å². The van der Waals surface area contributed by atoms with Gasteiger partial charge in [-0.3, -0.25) is 0 Å². The van der Waals surface area contributed by atoms with Crippen molar-refractivity contribution in [2.24, 2.45) is 17.8 Å². The van der Waals surface area contributed by atoms with Gasteiger partial charge in [0.15, 0.2) is 9.84 Å². The van der Waals surface area contributed by atoms with E-state index in [2.05, 4.69) is 25.7 Å². The fourth-order valence-electron chi connectivity index (χ4n) is 3.24. The van der Waals surface area contributed by atoms with Gasteiger partial charge in [0.05, 0.1) is 23.9 Å². The number of hydrogen-bond donors (Lipinski definition) is 0. The lowest BCUT2D eigenvalue weighted by Crippen LogP contribution is -2.24. The zero-order chi connectivity index (χ0) is 19.2. The third-order valence-corrected chi connectivity index (χ3v) is 6.76. The van der Waals surface area contributed by atoms with E-state index in [1.807, 2.05) is 0 Å². The zero-order valence-electron chi connectivity index (χ0n) is 16.5. The minimum atomic E-state index is -3.29. The first-order chi connectivity index (χ1) is 12.3. The summed E-state index contributed by atoms with van der Waals surface area (Å²) in [4.78, 5) is 2.85. The van der Waals surface area contributed by atoms with E-state index >= 15 is 0 Å². The lowest BCUT2D eigenvalue weighted by Gasteiger charge is -2.17. The molecule has 1 aliphatic heterocycles. The summed E-state index contributed by atoms with van der Waals surface area (Å²) >= 11 is 0. The highest BCUT2D eigenvalue weighted by molar-refractivity contribution is 7.91. The molecule has 5 nitrogen and oxygen atoms in total. The molecule has 6 heteroatoms. The quantitative estimate of drug-likeness (QED) is 0.621. The Morgan fingerprint density at radius 1 is 1.19 bits per heavy atom. The smallest absolute Gasteiger partial charge is 0.180 e. The zero-order valence-corrected chi connectivity index (χ0v) is 17.3. The fourth-order valence-corrected chi connectivity index (χ4v) is 4.41. The molecule has 0 saturated carbocycles. The first-order valence-electron chi connectivity index (χ1n) is 9.48. The lowest BCUT2D eigenvalue weighted by molar-refractivity contribution is 0.217. The second-order valence-electron chi connectivity index (χ2n) is 7.77. The number of ether oxygens (including phenoxy) is 2. The minimum Gasteiger partial charge on any atom is -0.493 e. The summed E-state index contributed by atoms with van der Waals surface area (Å²) in [5, 5.41) is 0. The van der Waals surface area contributed by atoms with Crippen molar-refractivity contribution >= 4 is 9.84 Å². The van der Waals surface area contributed by atoms with E-state index in [0.717, 1.165) is 31.3 Å². The van der Waals surface area contributed by atoms with Gasteiger partial charge in [-0.15, -0.1) is 0 Å². The van der Waals surface area contributed by atoms with Crippen LogP contribution in [0.3, 0.4) is 0 Å². The molecule has 1 aliphatic rings. The Bertz CT molecular complexity index is 642. The van der Waals surface area contributed by atoms with E-state index in [4.69, 9.17) is 9.47 Å². The molecule has 0 amide bonds. The van der Waals surface area contributed by atoms with Gasteiger partial charge in [0.2, 0.25) is 0 Å². The minimum absolute atomic E-state index is 0.00446. The number of nitrogens with zero attached hydrogens (tertiary/aromatic N) is 1. The number of hydrogen-bond acceptors (Lipinski definition) is 5. The summed E-state index contributed by atoms with van der Waals surface area (Å²) in [5.41, 5.74) is 0. The molecule has 2 rings (SSSR count). The number of sulfone groups is 1. The van der Waals surface area contributed by atoms with Gasteiger partial charge in [-0.1, -0.05) is 20.8 Å². The van der Waals surface area contributed by atoms with Crippen molar-refractivity contribution < 1.29 is 17.9 Å². The van der Waals surface area contributed by atoms with E-state index in [0.29, 0.717) is 23.3 Å². The predicted octanol–water partition coefficient (Wildman–Crippen LogP) is 3.10. The molecule has 0 aromatic heterocycles. The van der Waals surface area contributed by atoms with E-state index in [9.17, 15) is 8.42 Å². The Hall–Kier alpha value is -1.11. The predicted molar refractivity (Wildman–Crippen MR) is 104 cm³/mol. The Morgan fingerprint density at radius 3 is 2.50 bits per heavy atom. The largest absolute Gasteiger partial charge is 0.493 e. The topological polar surface area (TPSA) is 55.8 Å². The average molecular weight is 384 g/mol. The Labute approximate surface area is 158 Å². The monoisotopic (exact) mass is 383 g/mol. The summed E-state index contributed by atoms with van der Waals surface area (Å²) in [6.07, 6.45) is 1.24. The van der Waals surface area contributed by atoms with E-state index in [1.165, 1.54) is 13.5 Å². The normalized spacial score (nSPS) is 21.4. The molecule has 2 atom stereocenters. The second kappa shape index (κ2) is 9.72. The first kappa shape index (κ1) is 21.2. The van der Waals surface area contributed by atoms with Crippen LogP contribution >= 0.6 is 0 Å². The van der Waals surface area contributed by atoms with Crippen molar-refractivity contribution in [1.29, 1.82) is 0 Å². The fraction of sp³-hybridized carbons (Fsp3) is 0.700. The molecule has 1 aromatic rings. The Morgan fingerprint density at radius 2 is 1.88 bits per heavy atom. The van der Waals surface area contributed by atoms with Gasteiger partial charge in [-0.05, 0) is 49.1 Å². The van der Waals surface area contributed by atoms with E-state index < -0.39 is 9.84 Å². The molecule has 0 bridgehead atoms. The van der Waals surface area contributed by atoms with Crippen LogP contribution in [-0.2, 0) is 14.6 Å². The lowest BCUT2D eigenvalue weighted by atomic mass is 9.99. The molecule has 1 saturated heterocycles. The van der Waals surface area contributed by atoms with Crippen LogP contribution in [-0.4, -0.2) is 59.0 Å². The van der Waals surface area contributed by atoms with Crippen LogP contribution in [0, 0.1) is 17.8 Å². The van der Waals surface area contributed by atoms with Crippen LogP contribution in [0.5, 0.6) is 5.75 Å². The van der Waals surface area contributed by atoms with Gasteiger partial charge in [0, 0.05) is 26.1 Å². The molecule has 148 valence electrons. The van der Waals surface area contributed by atoms with Gasteiger partial charge >= 0.3 is 0 Å². The van der Waals surface area contributed by atoms with Gasteiger partial charge in [-0.2, -0.15) is 0 Å². The molecule has 1 heterocycles. The summed E-state index contributed by atoms with van der Waals surface area (Å²) in [5.74, 6) is 2.60. The summed E-state index contributed by atoms with van der Waals surface area (Å²) in [6.45, 7) is 11.1. The molecular weight excluding hydrogens is 350 g/mol. The molecule has 0 spiro atoms. The maximum atomic E-state index is 12.1. The molecule has 1 fully saturated rings. The van der Waals surface area contributed by atoms with Gasteiger partial charge < -0.3 is 14.4 Å². The van der Waals surface area contributed by atoms with E-state index in [1.54, 1.807) is 24.3 Å². The maximum Gasteiger partial charge on any atom is 0.180 e. The summed E-state index contributed by atoms with van der Waals surface area (Å²) < 4.78 is 35.1. The van der Waals surface area contributed by atoms with Crippen LogP contribution in [0.1, 0.15) is 27.2 Å². The maximum absolute atomic E-state index is 12.1. The van der Waals surface area contributed by atoms with Crippen molar-refractivity contribution in [3.63, 3.8) is 0 Å². The van der Waals surface area contributed by atoms with Crippen LogP contribution in [0.2, 0.25) is 0 Å². The van der Waals surface area contributed by atoms with Crippen LogP contribution in [0.15, 0.2) is 29.2 Å². The standard InChI is InChI=1S/C20H33NO4S/c1-16(2)9-10-21-13-17(3)18(14-21)15-25-19-5-7-20(8-6-19)26(22,23)12-11-24-4/h5-8,16-18H,9-15H2,1-4H3. The number of methoxy groups -OCH3 is 1. The highest BCUT2D eigenvalue weighted by Gasteiger charge is 2.29. The van der Waals surface area contributed by atoms with Gasteiger partial charge in [0.1, 0.15) is 5.75 Å². The number of rotatable bonds is 10. The number of benzene rings is 1. The summed E-state index contributed by atoms with van der Waals surface area (Å²) in [7, 11) is -1.79. The van der Waals surface area contributed by atoms with Crippen molar-refractivity contribution in [3.8, 4) is 5.75 Å². The van der Waals surface area contributed by atoms with Crippen molar-refractivity contribution in [2.45, 2.75) is 32.1 Å². The van der Waals surface area contributed by atoms with Gasteiger partial charge in [0.25, 0.3) is 0 Å². The van der Waals surface area contributed by atoms with Crippen LogP contribution in [0.25, 0.3) is 0 Å². The number of likely N-dealkylation sites (tertiary alicyclic amines) is 1. The third-order valence-electron chi connectivity index (χ3n) is 5.07. The molecule has 2 unspecified atom stereocenters. The molecule has 1 aromatic carbocycles. The van der Waals surface area contributed by atoms with Gasteiger partial charge in [-0.25, -0.2) is 8.42 Å². The Kier molecular flexibility index (Phi) is 7.92. The van der Waals surface area contributed by atoms with Crippen LogP contribution < -0.4 is 4.74 Å². The molecule has 26 heavy (non-hydrogen) atoms. The second-order valence-corrected chi connectivity index (χ2v) is 9.88. The molecular formula is C20H33NO4S. The molecule has 0 aliphatic carbocycles. The van der Waals surface area contributed by atoms with Crippen molar-refractivity contribution in [3.05, 3.63) is 24.3 Å². The molecule has 0 radical (unpaired) electrons. The summed E-state index contributed by atoms with van der Waals surface area (Å²) in [6, 6.07) is 6.73. The Balaban J connectivity index is 1.84. The first-order valence-corrected chi connectivity index (χ1v) is 11.1. The van der Waals surface area contributed by atoms with Crippen molar-refractivity contribution in [2.75, 3.05) is 45.7 Å². The molecule has 0 N–H and O–H groups in total. The third kappa shape index (κ3) is 6.25. The highest BCUT2D eigenvalue weighted by Crippen LogP contribution is 2.25. The SMILES string of the molecule is COCCS(=O)(=O)c1ccc(OCC2CN(CCC(C)C)CC2C)cc1. The van der Waals surface area contributed by atoms with Crippen molar-refractivity contribution in [1.82, 2.24) is 4.90 Å². The highest BCUT2D eigenvalue weighted by atomic mass is 32.2. The van der Waals surface area contributed by atoms with Crippen LogP contribution in [0.4, 0.5) is 0 Å². The average Bonchev–Trinajstić information content (AvgIpc) is 2.96.